The summed E-state index contributed by atoms with van der Waals surface area (Å²) in [4.78, 5) is 0. The summed E-state index contributed by atoms with van der Waals surface area (Å²) in [5, 5.41) is 32.1. The number of nitrogens with zero attached hydrogens (tertiary/aromatic N) is 5. The zero-order chi connectivity index (χ0) is 24.9. The van der Waals surface area contributed by atoms with Gasteiger partial charge in [0.2, 0.25) is 0 Å². The topological polar surface area (TPSA) is 110 Å². The summed E-state index contributed by atoms with van der Waals surface area (Å²) < 4.78 is 0. The van der Waals surface area contributed by atoms with E-state index in [2.05, 4.69) is 36.2 Å². The van der Waals surface area contributed by atoms with E-state index in [1.54, 1.807) is 18.2 Å². The maximum atomic E-state index is 7.63. The van der Waals surface area contributed by atoms with Crippen LogP contribution in [0.15, 0.2) is 117 Å². The summed E-state index contributed by atoms with van der Waals surface area (Å²) >= 11 is 0. The van der Waals surface area contributed by atoms with E-state index in [-0.39, 0.29) is 0 Å². The van der Waals surface area contributed by atoms with Gasteiger partial charge in [0.05, 0.1) is 11.4 Å². The van der Waals surface area contributed by atoms with Gasteiger partial charge in [0, 0.05) is 47.0 Å². The average molecular weight is 473 g/mol. The van der Waals surface area contributed by atoms with Gasteiger partial charge in [-0.25, -0.2) is 5.53 Å². The van der Waals surface area contributed by atoms with Crippen molar-refractivity contribution in [1.29, 1.82) is 5.53 Å². The highest BCUT2D eigenvalue weighted by atomic mass is 15.2. The molecule has 0 aliphatic heterocycles. The Balaban J connectivity index is 1.57. The van der Waals surface area contributed by atoms with E-state index < -0.39 is 0 Å². The van der Waals surface area contributed by atoms with Crippen LogP contribution in [0.2, 0.25) is 0 Å². The smallest absolute Gasteiger partial charge is 0.141 e. The Hall–Kier alpha value is -4.98. The van der Waals surface area contributed by atoms with Crippen molar-refractivity contribution in [2.45, 2.75) is 0 Å². The van der Waals surface area contributed by atoms with E-state index in [4.69, 9.17) is 5.53 Å². The van der Waals surface area contributed by atoms with Crippen LogP contribution in [0.4, 0.5) is 39.8 Å². The summed E-state index contributed by atoms with van der Waals surface area (Å²) in [5.74, 6) is 0. The molecule has 0 heterocycles. The van der Waals surface area contributed by atoms with Gasteiger partial charge in [-0.2, -0.15) is 5.11 Å². The summed E-state index contributed by atoms with van der Waals surface area (Å²) in [6, 6.07) is 29.1. The lowest BCUT2D eigenvalue weighted by atomic mass is 10.1. The first-order valence-corrected chi connectivity index (χ1v) is 11.5. The van der Waals surface area contributed by atoms with Crippen molar-refractivity contribution in [2.24, 2.45) is 25.6 Å². The van der Waals surface area contributed by atoms with Crippen molar-refractivity contribution in [1.82, 2.24) is 0 Å². The van der Waals surface area contributed by atoms with E-state index >= 15 is 0 Å². The minimum absolute atomic E-state index is 0.363. The lowest BCUT2D eigenvalue weighted by molar-refractivity contribution is 1.12. The number of fused-ring (bicyclic) bond motifs is 2. The number of hydrogen-bond donors (Lipinski definition) is 3. The molecule has 0 atom stereocenters. The molecule has 0 aliphatic rings. The van der Waals surface area contributed by atoms with Crippen LogP contribution in [-0.2, 0) is 0 Å². The molecule has 0 amide bonds. The van der Waals surface area contributed by atoms with Crippen molar-refractivity contribution < 1.29 is 0 Å². The fourth-order valence-corrected chi connectivity index (χ4v) is 4.18. The van der Waals surface area contributed by atoms with Gasteiger partial charge in [0.15, 0.2) is 0 Å². The molecule has 5 rings (SSSR count). The van der Waals surface area contributed by atoms with Crippen LogP contribution in [-0.4, -0.2) is 14.1 Å². The molecule has 0 fully saturated rings. The number of rotatable bonds is 7. The maximum Gasteiger partial charge on any atom is 0.141 e. The number of hydrogen-bond acceptors (Lipinski definition) is 8. The molecule has 0 radical (unpaired) electrons. The largest absolute Gasteiger partial charge is 0.388 e. The van der Waals surface area contributed by atoms with Gasteiger partial charge >= 0.3 is 0 Å². The fourth-order valence-electron chi connectivity index (χ4n) is 4.18. The Kier molecular flexibility index (Phi) is 6.40. The fraction of sp³-hybridized carbons (Fsp3) is 0.0714. The number of nitrogens with one attached hydrogen (secondary N) is 3. The van der Waals surface area contributed by atoms with E-state index in [0.29, 0.717) is 22.7 Å². The molecule has 5 aromatic rings. The van der Waals surface area contributed by atoms with Crippen LogP contribution in [0.1, 0.15) is 0 Å². The Labute approximate surface area is 208 Å². The molecule has 3 N–H and O–H groups in total. The summed E-state index contributed by atoms with van der Waals surface area (Å²) in [6.45, 7) is 0. The van der Waals surface area contributed by atoms with Crippen molar-refractivity contribution in [2.75, 3.05) is 24.7 Å². The van der Waals surface area contributed by atoms with Crippen molar-refractivity contribution in [3.63, 3.8) is 0 Å². The molecular formula is C28H24N8. The summed E-state index contributed by atoms with van der Waals surface area (Å²) in [6.07, 6.45) is 0. The molecule has 0 unspecified atom stereocenters. The predicted octanol–water partition coefficient (Wildman–Crippen LogP) is 9.57. The molecule has 5 aromatic carbocycles. The summed E-state index contributed by atoms with van der Waals surface area (Å²) in [5.41, 5.74) is 12.3. The van der Waals surface area contributed by atoms with Gasteiger partial charge < -0.3 is 10.6 Å². The highest BCUT2D eigenvalue weighted by Crippen LogP contribution is 2.41. The number of benzene rings is 5. The van der Waals surface area contributed by atoms with Crippen LogP contribution >= 0.6 is 0 Å². The van der Waals surface area contributed by atoms with Gasteiger partial charge in [-0.1, -0.05) is 54.6 Å². The SMILES string of the molecule is CNc1ccc(N=Nc2cccc(N=N)c2N=Nc2ccc(NC)c3ccccc23)c2ccccc12. The average Bonchev–Trinajstić information content (AvgIpc) is 2.94. The normalized spacial score (nSPS) is 11.5. The molecule has 0 spiro atoms. The van der Waals surface area contributed by atoms with Gasteiger partial charge in [0.25, 0.3) is 0 Å². The second-order valence-electron chi connectivity index (χ2n) is 8.01. The molecule has 8 heteroatoms. The maximum absolute atomic E-state index is 7.63. The quantitative estimate of drug-likeness (QED) is 0.205. The van der Waals surface area contributed by atoms with E-state index in [1.807, 2.05) is 86.9 Å². The lowest BCUT2D eigenvalue weighted by Crippen LogP contribution is -1.89. The Morgan fingerprint density at radius 3 is 1.47 bits per heavy atom. The minimum atomic E-state index is 0.363. The molecule has 0 bridgehead atoms. The Morgan fingerprint density at radius 2 is 0.944 bits per heavy atom. The van der Waals surface area contributed by atoms with Crippen LogP contribution in [0.5, 0.6) is 0 Å². The van der Waals surface area contributed by atoms with E-state index in [0.717, 1.165) is 38.6 Å². The summed E-state index contributed by atoms with van der Waals surface area (Å²) in [7, 11) is 3.79. The second kappa shape index (κ2) is 10.1. The standard InChI is InChI=1S/C28H24N8/c1-30-22-14-16-24(20-10-5-3-8-18(20)22)33-35-27-13-7-12-26(32-29)28(27)36-34-25-17-15-23(31-2)19-9-4-6-11-21(19)25/h3-17,29-31H,1-2H3. The first kappa shape index (κ1) is 22.8. The first-order valence-electron chi connectivity index (χ1n) is 11.5. The Bertz CT molecular complexity index is 1640. The predicted molar refractivity (Wildman–Crippen MR) is 147 cm³/mol. The van der Waals surface area contributed by atoms with Crippen molar-refractivity contribution in [3.8, 4) is 0 Å². The molecule has 0 saturated heterocycles. The molecule has 0 aromatic heterocycles. The molecule has 8 nitrogen and oxygen atoms in total. The number of anilines is 2. The zero-order valence-electron chi connectivity index (χ0n) is 19.9. The molecule has 36 heavy (non-hydrogen) atoms. The molecule has 0 saturated carbocycles. The Morgan fingerprint density at radius 1 is 0.472 bits per heavy atom. The third kappa shape index (κ3) is 4.27. The second-order valence-corrected chi connectivity index (χ2v) is 8.01. The van der Waals surface area contributed by atoms with Gasteiger partial charge in [-0.3, -0.25) is 0 Å². The first-order chi connectivity index (χ1) is 17.7. The van der Waals surface area contributed by atoms with Crippen LogP contribution in [0.25, 0.3) is 21.5 Å². The molecule has 176 valence electrons. The number of azo groups is 2. The minimum Gasteiger partial charge on any atom is -0.388 e. The van der Waals surface area contributed by atoms with Gasteiger partial charge in [-0.15, -0.1) is 20.5 Å². The van der Waals surface area contributed by atoms with Crippen LogP contribution in [0.3, 0.4) is 0 Å². The van der Waals surface area contributed by atoms with E-state index in [1.165, 1.54) is 0 Å². The van der Waals surface area contributed by atoms with Crippen molar-refractivity contribution >= 4 is 61.4 Å². The molecule has 0 aliphatic carbocycles. The monoisotopic (exact) mass is 472 g/mol. The highest BCUT2D eigenvalue weighted by Gasteiger charge is 2.10. The third-order valence-corrected chi connectivity index (χ3v) is 5.98. The zero-order valence-corrected chi connectivity index (χ0v) is 19.9. The van der Waals surface area contributed by atoms with Crippen LogP contribution < -0.4 is 10.6 Å². The molecular weight excluding hydrogens is 448 g/mol. The van der Waals surface area contributed by atoms with Gasteiger partial charge in [-0.05, 0) is 36.4 Å². The third-order valence-electron chi connectivity index (χ3n) is 5.98. The highest BCUT2D eigenvalue weighted by molar-refractivity contribution is 6.01. The van der Waals surface area contributed by atoms with E-state index in [9.17, 15) is 0 Å². The van der Waals surface area contributed by atoms with Crippen LogP contribution in [0, 0.1) is 5.53 Å². The van der Waals surface area contributed by atoms with Crippen molar-refractivity contribution in [3.05, 3.63) is 91.0 Å². The van der Waals surface area contributed by atoms with Gasteiger partial charge in [0.1, 0.15) is 17.1 Å². The lowest BCUT2D eigenvalue weighted by Gasteiger charge is -2.08.